The van der Waals surface area contributed by atoms with Gasteiger partial charge in [0, 0.05) is 36.9 Å². The van der Waals surface area contributed by atoms with E-state index in [1.165, 1.54) is 0 Å². The predicted molar refractivity (Wildman–Crippen MR) is 93.6 cm³/mol. The van der Waals surface area contributed by atoms with Crippen LogP contribution in [0.15, 0.2) is 36.7 Å². The zero-order valence-corrected chi connectivity index (χ0v) is 14.1. The Morgan fingerprint density at radius 1 is 1.38 bits per heavy atom. The van der Waals surface area contributed by atoms with E-state index >= 15 is 0 Å². The lowest BCUT2D eigenvalue weighted by Gasteiger charge is -2.24. The minimum Gasteiger partial charge on any atom is -0.361 e. The standard InChI is InChI=1S/C19H22N4O/c1-13-12-22(2)19(21-13)17-8-5-9-23(17)18(24)10-14-11-20-16-7-4-3-6-15(14)16/h3-4,6-7,11-12,17,20H,5,8-10H2,1-2H3. The van der Waals surface area contributed by atoms with E-state index in [1.807, 2.05) is 49.5 Å². The number of hydrogen-bond donors (Lipinski definition) is 1. The molecule has 2 aromatic heterocycles. The van der Waals surface area contributed by atoms with Crippen molar-refractivity contribution in [1.29, 1.82) is 0 Å². The third-order valence-corrected chi connectivity index (χ3v) is 4.92. The maximum atomic E-state index is 12.9. The molecule has 0 spiro atoms. The van der Waals surface area contributed by atoms with E-state index in [2.05, 4.69) is 20.6 Å². The maximum absolute atomic E-state index is 12.9. The van der Waals surface area contributed by atoms with Crippen LogP contribution in [0.3, 0.4) is 0 Å². The van der Waals surface area contributed by atoms with Gasteiger partial charge in [0.1, 0.15) is 5.82 Å². The van der Waals surface area contributed by atoms with Gasteiger partial charge in [-0.05, 0) is 31.4 Å². The van der Waals surface area contributed by atoms with Crippen molar-refractivity contribution < 1.29 is 4.79 Å². The van der Waals surface area contributed by atoms with E-state index in [-0.39, 0.29) is 11.9 Å². The van der Waals surface area contributed by atoms with E-state index in [0.717, 1.165) is 47.4 Å². The highest BCUT2D eigenvalue weighted by atomic mass is 16.2. The molecular formula is C19H22N4O. The molecular weight excluding hydrogens is 300 g/mol. The molecule has 1 aliphatic rings. The molecule has 0 bridgehead atoms. The quantitative estimate of drug-likeness (QED) is 0.805. The molecule has 4 rings (SSSR count). The summed E-state index contributed by atoms with van der Waals surface area (Å²) in [7, 11) is 2.01. The molecule has 1 saturated heterocycles. The van der Waals surface area contributed by atoms with Gasteiger partial charge < -0.3 is 14.5 Å². The van der Waals surface area contributed by atoms with E-state index in [1.54, 1.807) is 0 Å². The summed E-state index contributed by atoms with van der Waals surface area (Å²) >= 11 is 0. The number of amides is 1. The van der Waals surface area contributed by atoms with Gasteiger partial charge >= 0.3 is 0 Å². The molecule has 24 heavy (non-hydrogen) atoms. The number of aryl methyl sites for hydroxylation is 2. The van der Waals surface area contributed by atoms with Crippen molar-refractivity contribution in [1.82, 2.24) is 19.4 Å². The van der Waals surface area contributed by atoms with Gasteiger partial charge in [0.2, 0.25) is 5.91 Å². The molecule has 5 nitrogen and oxygen atoms in total. The van der Waals surface area contributed by atoms with Crippen LogP contribution in [0.2, 0.25) is 0 Å². The molecule has 3 aromatic rings. The summed E-state index contributed by atoms with van der Waals surface area (Å²) < 4.78 is 2.05. The van der Waals surface area contributed by atoms with Crippen molar-refractivity contribution in [2.75, 3.05) is 6.54 Å². The van der Waals surface area contributed by atoms with E-state index < -0.39 is 0 Å². The monoisotopic (exact) mass is 322 g/mol. The number of likely N-dealkylation sites (tertiary alicyclic amines) is 1. The summed E-state index contributed by atoms with van der Waals surface area (Å²) in [6.07, 6.45) is 6.44. The van der Waals surface area contributed by atoms with Gasteiger partial charge in [-0.2, -0.15) is 0 Å². The maximum Gasteiger partial charge on any atom is 0.227 e. The Balaban J connectivity index is 1.58. The van der Waals surface area contributed by atoms with Crippen molar-refractivity contribution in [3.8, 4) is 0 Å². The first-order valence-corrected chi connectivity index (χ1v) is 8.48. The van der Waals surface area contributed by atoms with Gasteiger partial charge in [-0.25, -0.2) is 4.98 Å². The zero-order chi connectivity index (χ0) is 16.7. The van der Waals surface area contributed by atoms with Crippen LogP contribution >= 0.6 is 0 Å². The number of rotatable bonds is 3. The second-order valence-corrected chi connectivity index (χ2v) is 6.63. The topological polar surface area (TPSA) is 53.9 Å². The highest BCUT2D eigenvalue weighted by molar-refractivity contribution is 5.89. The molecule has 1 aliphatic heterocycles. The minimum absolute atomic E-state index is 0.0985. The Hall–Kier alpha value is -2.56. The largest absolute Gasteiger partial charge is 0.361 e. The lowest BCUT2D eigenvalue weighted by molar-refractivity contribution is -0.131. The van der Waals surface area contributed by atoms with Crippen molar-refractivity contribution in [2.45, 2.75) is 32.2 Å². The Bertz CT molecular complexity index is 892. The predicted octanol–water partition coefficient (Wildman–Crippen LogP) is 3.12. The summed E-state index contributed by atoms with van der Waals surface area (Å²) in [4.78, 5) is 22.8. The molecule has 5 heteroatoms. The van der Waals surface area contributed by atoms with E-state index in [9.17, 15) is 4.79 Å². The molecule has 0 saturated carbocycles. The second-order valence-electron chi connectivity index (χ2n) is 6.63. The molecule has 1 aromatic carbocycles. The van der Waals surface area contributed by atoms with E-state index in [0.29, 0.717) is 6.42 Å². The van der Waals surface area contributed by atoms with E-state index in [4.69, 9.17) is 0 Å². The highest BCUT2D eigenvalue weighted by Crippen LogP contribution is 2.32. The Morgan fingerprint density at radius 3 is 3.00 bits per heavy atom. The summed E-state index contributed by atoms with van der Waals surface area (Å²) in [6, 6.07) is 8.22. The number of H-pyrrole nitrogens is 1. The Labute approximate surface area is 141 Å². The van der Waals surface area contributed by atoms with Crippen molar-refractivity contribution in [2.24, 2.45) is 7.05 Å². The van der Waals surface area contributed by atoms with Crippen LogP contribution in [-0.2, 0) is 18.3 Å². The number of fused-ring (bicyclic) bond motifs is 1. The van der Waals surface area contributed by atoms with Crippen LogP contribution in [-0.4, -0.2) is 31.9 Å². The number of nitrogens with zero attached hydrogens (tertiary/aromatic N) is 3. The van der Waals surface area contributed by atoms with Crippen LogP contribution in [0.1, 0.15) is 36.0 Å². The summed E-state index contributed by atoms with van der Waals surface area (Å²) in [6.45, 7) is 2.81. The normalized spacial score (nSPS) is 17.8. The number of para-hydroxylation sites is 1. The SMILES string of the molecule is Cc1cn(C)c(C2CCCN2C(=O)Cc2c[nH]c3ccccc23)n1. The summed E-state index contributed by atoms with van der Waals surface area (Å²) in [5, 5.41) is 1.13. The van der Waals surface area contributed by atoms with Gasteiger partial charge in [-0.15, -0.1) is 0 Å². The molecule has 1 atom stereocenters. The van der Waals surface area contributed by atoms with Crippen LogP contribution in [0.4, 0.5) is 0 Å². The first-order valence-electron chi connectivity index (χ1n) is 8.48. The lowest BCUT2D eigenvalue weighted by Crippen LogP contribution is -2.33. The first-order chi connectivity index (χ1) is 11.6. The molecule has 1 unspecified atom stereocenters. The molecule has 0 radical (unpaired) electrons. The Kier molecular flexibility index (Phi) is 3.63. The van der Waals surface area contributed by atoms with Gasteiger partial charge in [0.15, 0.2) is 0 Å². The highest BCUT2D eigenvalue weighted by Gasteiger charge is 2.32. The summed E-state index contributed by atoms with van der Waals surface area (Å²) in [5.41, 5.74) is 3.15. The average molecular weight is 322 g/mol. The Morgan fingerprint density at radius 2 is 2.21 bits per heavy atom. The van der Waals surface area contributed by atoms with Crippen LogP contribution in [0.25, 0.3) is 10.9 Å². The minimum atomic E-state index is 0.0985. The third-order valence-electron chi connectivity index (χ3n) is 4.92. The van der Waals surface area contributed by atoms with Gasteiger partial charge in [-0.3, -0.25) is 4.79 Å². The van der Waals surface area contributed by atoms with Gasteiger partial charge in [0.05, 0.1) is 18.2 Å². The molecule has 1 fully saturated rings. The zero-order valence-electron chi connectivity index (χ0n) is 14.1. The van der Waals surface area contributed by atoms with Crippen molar-refractivity contribution in [3.05, 3.63) is 53.7 Å². The summed E-state index contributed by atoms with van der Waals surface area (Å²) in [5.74, 6) is 1.18. The van der Waals surface area contributed by atoms with Crippen LogP contribution in [0, 0.1) is 6.92 Å². The fraction of sp³-hybridized carbons (Fsp3) is 0.368. The molecule has 1 amide bonds. The van der Waals surface area contributed by atoms with Gasteiger partial charge in [0.25, 0.3) is 0 Å². The van der Waals surface area contributed by atoms with Crippen LogP contribution < -0.4 is 0 Å². The third kappa shape index (κ3) is 2.50. The number of hydrogen-bond acceptors (Lipinski definition) is 2. The lowest BCUT2D eigenvalue weighted by atomic mass is 10.1. The smallest absolute Gasteiger partial charge is 0.227 e. The number of aromatic nitrogens is 3. The fourth-order valence-corrected chi connectivity index (χ4v) is 3.82. The average Bonchev–Trinajstić information content (AvgIpc) is 3.26. The number of benzene rings is 1. The number of carbonyl (C=O) groups is 1. The number of imidazole rings is 1. The molecule has 124 valence electrons. The number of aromatic amines is 1. The first kappa shape index (κ1) is 15.0. The number of carbonyl (C=O) groups excluding carboxylic acids is 1. The fourth-order valence-electron chi connectivity index (χ4n) is 3.82. The van der Waals surface area contributed by atoms with Crippen molar-refractivity contribution >= 4 is 16.8 Å². The molecule has 0 aliphatic carbocycles. The number of nitrogens with one attached hydrogen (secondary N) is 1. The van der Waals surface area contributed by atoms with Gasteiger partial charge in [-0.1, -0.05) is 18.2 Å². The molecule has 1 N–H and O–H groups in total. The van der Waals surface area contributed by atoms with Crippen LogP contribution in [0.5, 0.6) is 0 Å². The second kappa shape index (κ2) is 5.82. The van der Waals surface area contributed by atoms with Crippen molar-refractivity contribution in [3.63, 3.8) is 0 Å². The molecule has 3 heterocycles.